The number of ether oxygens (including phenoxy) is 2. The van der Waals surface area contributed by atoms with Gasteiger partial charge in [-0.3, -0.25) is 4.79 Å². The predicted molar refractivity (Wildman–Crippen MR) is 92.1 cm³/mol. The standard InChI is InChI=1S/C18H23ClO7/c19-12-6-1-9(7-13(12)25-11-4-2-10(21)3-5-11)18-17(24)16(23)15(22)14(8-20)26-18/h1,6-7,11,14-18,20,22-24H,2-5,8H2/t14-,15?,16+,17-,18+/m1/s1. The van der Waals surface area contributed by atoms with Gasteiger partial charge in [0.05, 0.1) is 17.7 Å². The van der Waals surface area contributed by atoms with Crippen molar-refractivity contribution < 1.29 is 34.7 Å². The Morgan fingerprint density at radius 2 is 1.81 bits per heavy atom. The Balaban J connectivity index is 1.79. The number of aliphatic hydroxyl groups excluding tert-OH is 4. The molecule has 7 nitrogen and oxygen atoms in total. The van der Waals surface area contributed by atoms with E-state index in [1.54, 1.807) is 18.2 Å². The second-order valence-electron chi connectivity index (χ2n) is 6.80. The number of carbonyl (C=O) groups excluding carboxylic acids is 1. The third-order valence-corrected chi connectivity index (χ3v) is 5.27. The van der Waals surface area contributed by atoms with Crippen LogP contribution in [0.2, 0.25) is 5.02 Å². The minimum Gasteiger partial charge on any atom is -0.489 e. The van der Waals surface area contributed by atoms with Gasteiger partial charge in [-0.15, -0.1) is 0 Å². The van der Waals surface area contributed by atoms with Crippen molar-refractivity contribution in [2.45, 2.75) is 62.3 Å². The molecule has 1 aliphatic carbocycles. The first-order valence-electron chi connectivity index (χ1n) is 8.69. The second-order valence-corrected chi connectivity index (χ2v) is 7.20. The molecule has 1 saturated carbocycles. The van der Waals surface area contributed by atoms with Crippen LogP contribution in [0.5, 0.6) is 5.75 Å². The van der Waals surface area contributed by atoms with Crippen molar-refractivity contribution in [3.05, 3.63) is 28.8 Å². The van der Waals surface area contributed by atoms with E-state index in [-0.39, 0.29) is 11.9 Å². The van der Waals surface area contributed by atoms with Crippen LogP contribution in [0.3, 0.4) is 0 Å². The van der Waals surface area contributed by atoms with Gasteiger partial charge in [-0.05, 0) is 30.5 Å². The van der Waals surface area contributed by atoms with Gasteiger partial charge in [-0.1, -0.05) is 17.7 Å². The molecular formula is C18H23ClO7. The smallest absolute Gasteiger partial charge is 0.138 e. The Kier molecular flexibility index (Phi) is 6.17. The lowest BCUT2D eigenvalue weighted by atomic mass is 9.91. The highest BCUT2D eigenvalue weighted by atomic mass is 35.5. The third kappa shape index (κ3) is 4.03. The largest absolute Gasteiger partial charge is 0.489 e. The summed E-state index contributed by atoms with van der Waals surface area (Å²) in [5, 5.41) is 39.8. The van der Waals surface area contributed by atoms with E-state index < -0.39 is 37.1 Å². The van der Waals surface area contributed by atoms with Gasteiger partial charge < -0.3 is 29.9 Å². The summed E-state index contributed by atoms with van der Waals surface area (Å²) in [7, 11) is 0. The number of benzene rings is 1. The Bertz CT molecular complexity index is 640. The molecule has 1 saturated heterocycles. The number of rotatable bonds is 4. The van der Waals surface area contributed by atoms with Crippen LogP contribution in [-0.4, -0.2) is 63.3 Å². The van der Waals surface area contributed by atoms with Gasteiger partial charge in [0.15, 0.2) is 0 Å². The molecule has 26 heavy (non-hydrogen) atoms. The monoisotopic (exact) mass is 386 g/mol. The maximum Gasteiger partial charge on any atom is 0.138 e. The summed E-state index contributed by atoms with van der Waals surface area (Å²) in [6.45, 7) is -0.492. The van der Waals surface area contributed by atoms with Gasteiger partial charge in [0, 0.05) is 12.8 Å². The average Bonchev–Trinajstić information content (AvgIpc) is 2.64. The molecule has 1 aliphatic heterocycles. The zero-order valence-corrected chi connectivity index (χ0v) is 14.9. The molecule has 8 heteroatoms. The SMILES string of the molecule is O=C1CCC(Oc2cc([C@@H]3O[C@H](CO)C(O)[C@H](O)[C@H]3O)ccc2Cl)CC1. The molecule has 5 atom stereocenters. The number of hydrogen-bond donors (Lipinski definition) is 4. The lowest BCUT2D eigenvalue weighted by Crippen LogP contribution is -2.55. The lowest BCUT2D eigenvalue weighted by Gasteiger charge is -2.40. The van der Waals surface area contributed by atoms with E-state index in [0.29, 0.717) is 42.0 Å². The summed E-state index contributed by atoms with van der Waals surface area (Å²) in [6.07, 6.45) is -4.06. The average molecular weight is 387 g/mol. The van der Waals surface area contributed by atoms with E-state index in [1.807, 2.05) is 0 Å². The highest BCUT2D eigenvalue weighted by molar-refractivity contribution is 6.32. The van der Waals surface area contributed by atoms with E-state index >= 15 is 0 Å². The van der Waals surface area contributed by atoms with Crippen molar-refractivity contribution in [2.75, 3.05) is 6.61 Å². The van der Waals surface area contributed by atoms with Crippen molar-refractivity contribution in [2.24, 2.45) is 0 Å². The van der Waals surface area contributed by atoms with Crippen LogP contribution in [0.15, 0.2) is 18.2 Å². The number of halogens is 1. The van der Waals surface area contributed by atoms with Crippen LogP contribution in [0.25, 0.3) is 0 Å². The molecule has 1 unspecified atom stereocenters. The van der Waals surface area contributed by atoms with Gasteiger partial charge in [0.25, 0.3) is 0 Å². The van der Waals surface area contributed by atoms with E-state index in [2.05, 4.69) is 0 Å². The number of ketones is 1. The van der Waals surface area contributed by atoms with E-state index in [0.717, 1.165) is 0 Å². The molecule has 4 N–H and O–H groups in total. The molecule has 3 rings (SSSR count). The first-order valence-corrected chi connectivity index (χ1v) is 9.07. The molecular weight excluding hydrogens is 364 g/mol. The normalized spacial score (nSPS) is 33.3. The van der Waals surface area contributed by atoms with Crippen LogP contribution in [0.4, 0.5) is 0 Å². The lowest BCUT2D eigenvalue weighted by molar-refractivity contribution is -0.231. The summed E-state index contributed by atoms with van der Waals surface area (Å²) in [6, 6.07) is 4.85. The highest BCUT2D eigenvalue weighted by Crippen LogP contribution is 2.37. The van der Waals surface area contributed by atoms with Crippen molar-refractivity contribution >= 4 is 17.4 Å². The maximum absolute atomic E-state index is 11.4. The fraction of sp³-hybridized carbons (Fsp3) is 0.611. The van der Waals surface area contributed by atoms with Crippen molar-refractivity contribution in [1.29, 1.82) is 0 Å². The quantitative estimate of drug-likeness (QED) is 0.603. The van der Waals surface area contributed by atoms with E-state index in [1.165, 1.54) is 0 Å². The summed E-state index contributed by atoms with van der Waals surface area (Å²) >= 11 is 6.20. The Morgan fingerprint density at radius 1 is 1.12 bits per heavy atom. The van der Waals surface area contributed by atoms with Crippen molar-refractivity contribution in [1.82, 2.24) is 0 Å². The van der Waals surface area contributed by atoms with Gasteiger partial charge in [0.1, 0.15) is 42.1 Å². The van der Waals surface area contributed by atoms with Crippen LogP contribution in [-0.2, 0) is 9.53 Å². The summed E-state index contributed by atoms with van der Waals surface area (Å²) < 4.78 is 11.5. The molecule has 144 valence electrons. The number of hydrogen-bond acceptors (Lipinski definition) is 7. The van der Waals surface area contributed by atoms with Gasteiger partial charge in [-0.2, -0.15) is 0 Å². The zero-order valence-electron chi connectivity index (χ0n) is 14.1. The Hall–Kier alpha value is -1.22. The topological polar surface area (TPSA) is 116 Å². The van der Waals surface area contributed by atoms with Crippen LogP contribution < -0.4 is 4.74 Å². The molecule has 2 fully saturated rings. The predicted octanol–water partition coefficient (Wildman–Crippen LogP) is 0.745. The number of Topliss-reactive ketones (excluding diaryl/α,β-unsaturated/α-hetero) is 1. The van der Waals surface area contributed by atoms with Gasteiger partial charge >= 0.3 is 0 Å². The number of carbonyl (C=O) groups is 1. The van der Waals surface area contributed by atoms with Crippen LogP contribution in [0, 0.1) is 0 Å². The van der Waals surface area contributed by atoms with Gasteiger partial charge in [-0.25, -0.2) is 0 Å². The highest BCUT2D eigenvalue weighted by Gasteiger charge is 2.44. The molecule has 1 aromatic rings. The molecule has 0 spiro atoms. The molecule has 1 aromatic carbocycles. The summed E-state index contributed by atoms with van der Waals surface area (Å²) in [5.41, 5.74) is 0.508. The molecule has 1 heterocycles. The molecule has 2 aliphatic rings. The molecule has 0 amide bonds. The summed E-state index contributed by atoms with van der Waals surface area (Å²) in [5.74, 6) is 0.631. The fourth-order valence-electron chi connectivity index (χ4n) is 3.38. The zero-order chi connectivity index (χ0) is 18.8. The minimum absolute atomic E-state index is 0.116. The van der Waals surface area contributed by atoms with E-state index in [9.17, 15) is 25.2 Å². The van der Waals surface area contributed by atoms with Crippen molar-refractivity contribution in [3.8, 4) is 5.75 Å². The molecule has 0 aromatic heterocycles. The van der Waals surface area contributed by atoms with Crippen molar-refractivity contribution in [3.63, 3.8) is 0 Å². The fourth-order valence-corrected chi connectivity index (χ4v) is 3.54. The number of aliphatic hydroxyl groups is 4. The first-order chi connectivity index (χ1) is 12.4. The minimum atomic E-state index is -1.45. The second kappa shape index (κ2) is 8.21. The molecule has 0 bridgehead atoms. The maximum atomic E-state index is 11.4. The van der Waals surface area contributed by atoms with Gasteiger partial charge in [0.2, 0.25) is 0 Å². The Labute approximate surface area is 156 Å². The van der Waals surface area contributed by atoms with Crippen LogP contribution in [0.1, 0.15) is 37.4 Å². The third-order valence-electron chi connectivity index (χ3n) is 4.96. The molecule has 0 radical (unpaired) electrons. The first kappa shape index (κ1) is 19.5. The Morgan fingerprint density at radius 3 is 2.46 bits per heavy atom. The van der Waals surface area contributed by atoms with Crippen LogP contribution >= 0.6 is 11.6 Å². The summed E-state index contributed by atoms with van der Waals surface area (Å²) in [4.78, 5) is 11.4. The van der Waals surface area contributed by atoms with E-state index in [4.69, 9.17) is 21.1 Å².